The van der Waals surface area contributed by atoms with E-state index in [1.807, 2.05) is 4.90 Å². The number of rotatable bonds is 5. The van der Waals surface area contributed by atoms with Crippen LogP contribution in [-0.4, -0.2) is 69.9 Å². The van der Waals surface area contributed by atoms with E-state index < -0.39 is 21.7 Å². The monoisotopic (exact) mass is 509 g/mol. The number of piperazine rings is 1. The first-order valence-electron chi connectivity index (χ1n) is 11.4. The Hall–Kier alpha value is -2.36. The SMILES string of the molecule is COc1ccc(S(=O)(=O)N2CCC[C@H](C)C2)cc1N1CCN(C(=O)c2c(F)cccc2Cl)CC1. The topological polar surface area (TPSA) is 70.2 Å². The second kappa shape index (κ2) is 10.1. The molecule has 0 spiro atoms. The van der Waals surface area contributed by atoms with Crippen molar-refractivity contribution in [3.8, 4) is 5.75 Å². The van der Waals surface area contributed by atoms with Crippen molar-refractivity contribution in [2.45, 2.75) is 24.7 Å². The molecule has 34 heavy (non-hydrogen) atoms. The maximum absolute atomic E-state index is 14.2. The molecule has 0 aromatic heterocycles. The van der Waals surface area contributed by atoms with Crippen molar-refractivity contribution >= 4 is 33.2 Å². The Bertz CT molecular complexity index is 1150. The lowest BCUT2D eigenvalue weighted by atomic mass is 10.0. The maximum atomic E-state index is 14.2. The van der Waals surface area contributed by atoms with E-state index in [9.17, 15) is 17.6 Å². The summed E-state index contributed by atoms with van der Waals surface area (Å²) in [5.74, 6) is -0.213. The zero-order chi connectivity index (χ0) is 24.5. The maximum Gasteiger partial charge on any atom is 0.258 e. The highest BCUT2D eigenvalue weighted by molar-refractivity contribution is 7.89. The van der Waals surface area contributed by atoms with Gasteiger partial charge in [-0.3, -0.25) is 4.79 Å². The van der Waals surface area contributed by atoms with E-state index in [2.05, 4.69) is 6.92 Å². The first kappa shape index (κ1) is 24.8. The molecule has 2 aliphatic heterocycles. The molecule has 0 aliphatic carbocycles. The van der Waals surface area contributed by atoms with E-state index >= 15 is 0 Å². The predicted molar refractivity (Wildman–Crippen MR) is 130 cm³/mol. The van der Waals surface area contributed by atoms with Crippen LogP contribution in [0.5, 0.6) is 5.75 Å². The molecule has 0 bridgehead atoms. The largest absolute Gasteiger partial charge is 0.495 e. The van der Waals surface area contributed by atoms with Gasteiger partial charge in [-0.05, 0) is 49.1 Å². The molecular formula is C24H29ClFN3O4S. The number of hydrogen-bond acceptors (Lipinski definition) is 5. The highest BCUT2D eigenvalue weighted by Gasteiger charge is 2.31. The molecule has 2 fully saturated rings. The molecule has 2 heterocycles. The van der Waals surface area contributed by atoms with Crippen molar-refractivity contribution in [1.82, 2.24) is 9.21 Å². The number of halogens is 2. The van der Waals surface area contributed by atoms with Gasteiger partial charge in [0.25, 0.3) is 5.91 Å². The summed E-state index contributed by atoms with van der Waals surface area (Å²) in [7, 11) is -2.08. The van der Waals surface area contributed by atoms with E-state index in [0.29, 0.717) is 56.6 Å². The van der Waals surface area contributed by atoms with Gasteiger partial charge in [0.05, 0.1) is 28.3 Å². The molecule has 4 rings (SSSR count). The fourth-order valence-electron chi connectivity index (χ4n) is 4.60. The zero-order valence-electron chi connectivity index (χ0n) is 19.3. The summed E-state index contributed by atoms with van der Waals surface area (Å²) in [5, 5.41) is 0.0824. The zero-order valence-corrected chi connectivity index (χ0v) is 20.9. The van der Waals surface area contributed by atoms with E-state index in [1.165, 1.54) is 18.2 Å². The number of benzene rings is 2. The van der Waals surface area contributed by atoms with Crippen LogP contribution in [-0.2, 0) is 10.0 Å². The number of hydrogen-bond donors (Lipinski definition) is 0. The Morgan fingerprint density at radius 2 is 1.85 bits per heavy atom. The third kappa shape index (κ3) is 4.87. The normalized spacial score (nSPS) is 19.8. The van der Waals surface area contributed by atoms with Gasteiger partial charge in [0.2, 0.25) is 10.0 Å². The standard InChI is InChI=1S/C24H29ClFN3O4S/c1-17-5-4-10-29(16-17)34(31,32)18-8-9-22(33-2)21(15-18)27-11-13-28(14-12-27)24(30)23-19(25)6-3-7-20(23)26/h3,6-9,15,17H,4-5,10-14,16H2,1-2H3/t17-/m0/s1. The second-order valence-electron chi connectivity index (χ2n) is 8.82. The quantitative estimate of drug-likeness (QED) is 0.612. The molecule has 0 unspecified atom stereocenters. The lowest BCUT2D eigenvalue weighted by Gasteiger charge is -2.37. The number of sulfonamides is 1. The van der Waals surface area contributed by atoms with Gasteiger partial charge in [-0.25, -0.2) is 12.8 Å². The third-order valence-electron chi connectivity index (χ3n) is 6.49. The van der Waals surface area contributed by atoms with Gasteiger partial charge in [0, 0.05) is 39.3 Å². The fourth-order valence-corrected chi connectivity index (χ4v) is 6.46. The van der Waals surface area contributed by atoms with Crippen molar-refractivity contribution in [2.75, 3.05) is 51.3 Å². The summed E-state index contributed by atoms with van der Waals surface area (Å²) in [5.41, 5.74) is 0.531. The summed E-state index contributed by atoms with van der Waals surface area (Å²) in [6.07, 6.45) is 1.88. The van der Waals surface area contributed by atoms with Crippen LogP contribution in [0.25, 0.3) is 0 Å². The molecule has 10 heteroatoms. The number of methoxy groups -OCH3 is 1. The number of nitrogens with zero attached hydrogens (tertiary/aromatic N) is 3. The Morgan fingerprint density at radius 1 is 1.12 bits per heavy atom. The molecule has 184 valence electrons. The average molecular weight is 510 g/mol. The molecule has 7 nitrogen and oxygen atoms in total. The van der Waals surface area contributed by atoms with Crippen LogP contribution in [0.15, 0.2) is 41.3 Å². The van der Waals surface area contributed by atoms with E-state index in [0.717, 1.165) is 12.8 Å². The molecule has 0 N–H and O–H groups in total. The van der Waals surface area contributed by atoms with E-state index in [4.69, 9.17) is 16.3 Å². The van der Waals surface area contributed by atoms with Crippen molar-refractivity contribution < 1.29 is 22.3 Å². The summed E-state index contributed by atoms with van der Waals surface area (Å²) in [6.45, 7) is 4.67. The number of ether oxygens (including phenoxy) is 1. The molecule has 0 saturated carbocycles. The van der Waals surface area contributed by atoms with Gasteiger partial charge in [0.1, 0.15) is 11.6 Å². The molecular weight excluding hydrogens is 481 g/mol. The molecule has 2 aromatic carbocycles. The fraction of sp³-hybridized carbons (Fsp3) is 0.458. The van der Waals surface area contributed by atoms with Crippen LogP contribution in [0, 0.1) is 11.7 Å². The lowest BCUT2D eigenvalue weighted by Crippen LogP contribution is -2.49. The number of amides is 1. The minimum absolute atomic E-state index is 0.0824. The number of carbonyl (C=O) groups is 1. The van der Waals surface area contributed by atoms with Crippen LogP contribution in [0.1, 0.15) is 30.1 Å². The minimum Gasteiger partial charge on any atom is -0.495 e. The first-order chi connectivity index (χ1) is 16.2. The van der Waals surface area contributed by atoms with Crippen LogP contribution in [0.4, 0.5) is 10.1 Å². The van der Waals surface area contributed by atoms with Gasteiger partial charge in [-0.2, -0.15) is 4.31 Å². The Kier molecular flexibility index (Phi) is 7.35. The van der Waals surface area contributed by atoms with Crippen molar-refractivity contribution in [3.05, 3.63) is 52.8 Å². The van der Waals surface area contributed by atoms with Gasteiger partial charge >= 0.3 is 0 Å². The predicted octanol–water partition coefficient (Wildman–Crippen LogP) is 3.87. The Balaban J connectivity index is 1.53. The van der Waals surface area contributed by atoms with Gasteiger partial charge in [0.15, 0.2) is 0 Å². The Morgan fingerprint density at radius 3 is 2.50 bits per heavy atom. The Labute approximate surface area is 205 Å². The summed E-state index contributed by atoms with van der Waals surface area (Å²) < 4.78 is 47.9. The number of piperidine rings is 1. The van der Waals surface area contributed by atoms with Crippen LogP contribution in [0.3, 0.4) is 0 Å². The minimum atomic E-state index is -3.62. The third-order valence-corrected chi connectivity index (χ3v) is 8.67. The lowest BCUT2D eigenvalue weighted by molar-refractivity contribution is 0.0742. The average Bonchev–Trinajstić information content (AvgIpc) is 2.83. The molecule has 2 aromatic rings. The number of anilines is 1. The molecule has 0 radical (unpaired) electrons. The highest BCUT2D eigenvalue weighted by Crippen LogP contribution is 2.34. The first-order valence-corrected chi connectivity index (χ1v) is 13.2. The summed E-state index contributed by atoms with van der Waals surface area (Å²) >= 11 is 6.07. The molecule has 1 amide bonds. The highest BCUT2D eigenvalue weighted by atomic mass is 35.5. The smallest absolute Gasteiger partial charge is 0.258 e. The summed E-state index contributed by atoms with van der Waals surface area (Å²) in [6, 6.07) is 9.08. The van der Waals surface area contributed by atoms with Crippen LogP contribution >= 0.6 is 11.6 Å². The van der Waals surface area contributed by atoms with Crippen molar-refractivity contribution in [2.24, 2.45) is 5.92 Å². The van der Waals surface area contributed by atoms with Crippen molar-refractivity contribution in [3.63, 3.8) is 0 Å². The van der Waals surface area contributed by atoms with Gasteiger partial charge in [-0.15, -0.1) is 0 Å². The molecule has 2 aliphatic rings. The summed E-state index contributed by atoms with van der Waals surface area (Å²) in [4.78, 5) is 16.6. The van der Waals surface area contributed by atoms with Crippen molar-refractivity contribution in [1.29, 1.82) is 0 Å². The van der Waals surface area contributed by atoms with E-state index in [-0.39, 0.29) is 15.5 Å². The van der Waals surface area contributed by atoms with Crippen LogP contribution in [0.2, 0.25) is 5.02 Å². The molecule has 1 atom stereocenters. The van der Waals surface area contributed by atoms with Gasteiger partial charge in [-0.1, -0.05) is 24.6 Å². The van der Waals surface area contributed by atoms with Crippen LogP contribution < -0.4 is 9.64 Å². The molecule has 2 saturated heterocycles. The van der Waals surface area contributed by atoms with E-state index in [1.54, 1.807) is 34.5 Å². The van der Waals surface area contributed by atoms with Gasteiger partial charge < -0.3 is 14.5 Å². The number of carbonyl (C=O) groups excluding carboxylic acids is 1. The second-order valence-corrected chi connectivity index (χ2v) is 11.2.